The average Bonchev–Trinajstić information content (AvgIpc) is 2.44. The van der Waals surface area contributed by atoms with Crippen LogP contribution in [0.3, 0.4) is 0 Å². The fourth-order valence-electron chi connectivity index (χ4n) is 2.87. The lowest BCUT2D eigenvalue weighted by atomic mass is 9.87. The van der Waals surface area contributed by atoms with Crippen molar-refractivity contribution in [1.29, 1.82) is 0 Å². The summed E-state index contributed by atoms with van der Waals surface area (Å²) < 4.78 is 0. The van der Waals surface area contributed by atoms with Crippen molar-refractivity contribution in [3.05, 3.63) is 39.4 Å². The molecule has 21 heavy (non-hydrogen) atoms. The fourth-order valence-corrected chi connectivity index (χ4v) is 2.87. The zero-order chi connectivity index (χ0) is 15.4. The van der Waals surface area contributed by atoms with Crippen LogP contribution < -0.4 is 5.32 Å². The molecule has 1 aromatic rings. The van der Waals surface area contributed by atoms with Gasteiger partial charge in [0.1, 0.15) is 5.56 Å². The van der Waals surface area contributed by atoms with Crippen molar-refractivity contribution in [3.63, 3.8) is 0 Å². The quantitative estimate of drug-likeness (QED) is 0.657. The van der Waals surface area contributed by atoms with Crippen LogP contribution in [-0.4, -0.2) is 28.6 Å². The molecule has 6 nitrogen and oxygen atoms in total. The number of rotatable bonds is 4. The van der Waals surface area contributed by atoms with E-state index in [1.54, 1.807) is 19.1 Å². The molecule has 0 spiro atoms. The highest BCUT2D eigenvalue weighted by molar-refractivity contribution is 5.99. The third-order valence-corrected chi connectivity index (χ3v) is 3.98. The molecule has 1 amide bonds. The Morgan fingerprint density at radius 3 is 2.90 bits per heavy atom. The van der Waals surface area contributed by atoms with E-state index in [1.165, 1.54) is 6.07 Å². The number of aliphatic hydroxyl groups excluding tert-OH is 1. The van der Waals surface area contributed by atoms with E-state index < -0.39 is 10.8 Å². The second kappa shape index (κ2) is 6.67. The molecule has 2 unspecified atom stereocenters. The van der Waals surface area contributed by atoms with E-state index >= 15 is 0 Å². The predicted octanol–water partition coefficient (Wildman–Crippen LogP) is 2.18. The van der Waals surface area contributed by atoms with Gasteiger partial charge in [-0.05, 0) is 37.7 Å². The third-order valence-electron chi connectivity index (χ3n) is 3.98. The minimum Gasteiger partial charge on any atom is -0.393 e. The van der Waals surface area contributed by atoms with Crippen LogP contribution in [0.2, 0.25) is 0 Å². The maximum absolute atomic E-state index is 12.2. The summed E-state index contributed by atoms with van der Waals surface area (Å²) in [5.41, 5.74) is 0.542. The Morgan fingerprint density at radius 2 is 2.24 bits per heavy atom. The molecule has 0 saturated heterocycles. The van der Waals surface area contributed by atoms with Crippen molar-refractivity contribution in [2.75, 3.05) is 6.54 Å². The second-order valence-corrected chi connectivity index (χ2v) is 5.62. The zero-order valence-electron chi connectivity index (χ0n) is 12.0. The molecule has 0 bridgehead atoms. The lowest BCUT2D eigenvalue weighted by Gasteiger charge is -2.25. The van der Waals surface area contributed by atoms with Gasteiger partial charge < -0.3 is 10.4 Å². The van der Waals surface area contributed by atoms with E-state index in [0.29, 0.717) is 18.5 Å². The Labute approximate surface area is 123 Å². The molecular formula is C15H20N2O4. The highest BCUT2D eigenvalue weighted by Gasteiger charge is 2.24. The molecule has 2 N–H and O–H groups in total. The van der Waals surface area contributed by atoms with Crippen LogP contribution in [0.4, 0.5) is 5.69 Å². The van der Waals surface area contributed by atoms with Crippen LogP contribution >= 0.6 is 0 Å². The highest BCUT2D eigenvalue weighted by Crippen LogP contribution is 2.25. The van der Waals surface area contributed by atoms with E-state index in [9.17, 15) is 20.0 Å². The van der Waals surface area contributed by atoms with Crippen LogP contribution in [0, 0.1) is 23.0 Å². The zero-order valence-corrected chi connectivity index (χ0v) is 12.0. The maximum Gasteiger partial charge on any atom is 0.282 e. The number of carbonyl (C=O) groups is 1. The summed E-state index contributed by atoms with van der Waals surface area (Å²) in [6.45, 7) is 2.13. The molecule has 2 rings (SSSR count). The summed E-state index contributed by atoms with van der Waals surface area (Å²) in [6, 6.07) is 4.60. The van der Waals surface area contributed by atoms with Crippen molar-refractivity contribution >= 4 is 11.6 Å². The first-order valence-electron chi connectivity index (χ1n) is 7.19. The van der Waals surface area contributed by atoms with Crippen LogP contribution in [0.15, 0.2) is 18.2 Å². The van der Waals surface area contributed by atoms with E-state index in [4.69, 9.17) is 0 Å². The summed E-state index contributed by atoms with van der Waals surface area (Å²) in [7, 11) is 0. The summed E-state index contributed by atoms with van der Waals surface area (Å²) in [5.74, 6) is -0.180. The number of aryl methyl sites for hydroxylation is 1. The summed E-state index contributed by atoms with van der Waals surface area (Å²) in [6.07, 6.45) is 3.11. The Morgan fingerprint density at radius 1 is 1.48 bits per heavy atom. The van der Waals surface area contributed by atoms with Crippen molar-refractivity contribution in [2.45, 2.75) is 38.7 Å². The molecular weight excluding hydrogens is 272 g/mol. The first kappa shape index (κ1) is 15.4. The summed E-state index contributed by atoms with van der Waals surface area (Å²) in [4.78, 5) is 22.7. The smallest absolute Gasteiger partial charge is 0.282 e. The van der Waals surface area contributed by atoms with Gasteiger partial charge in [0.05, 0.1) is 11.0 Å². The van der Waals surface area contributed by atoms with Gasteiger partial charge in [0.15, 0.2) is 0 Å². The molecule has 1 aromatic carbocycles. The fraction of sp³-hybridized carbons (Fsp3) is 0.533. The Balaban J connectivity index is 2.05. The number of carbonyl (C=O) groups excluding carboxylic acids is 1. The van der Waals surface area contributed by atoms with Crippen molar-refractivity contribution in [2.24, 2.45) is 5.92 Å². The molecule has 0 heterocycles. The monoisotopic (exact) mass is 292 g/mol. The molecule has 6 heteroatoms. The molecule has 0 radical (unpaired) electrons. The number of nitrogens with zero attached hydrogens (tertiary/aromatic N) is 1. The van der Waals surface area contributed by atoms with Gasteiger partial charge in [-0.15, -0.1) is 0 Å². The first-order chi connectivity index (χ1) is 9.99. The SMILES string of the molecule is Cc1cccc([N+](=O)[O-])c1C(=O)NCC1CCCC(O)C1. The molecule has 1 fully saturated rings. The lowest BCUT2D eigenvalue weighted by Crippen LogP contribution is -2.33. The number of nitro groups is 1. The molecule has 0 aromatic heterocycles. The van der Waals surface area contributed by atoms with Crippen LogP contribution in [-0.2, 0) is 0 Å². The van der Waals surface area contributed by atoms with E-state index in [0.717, 1.165) is 19.3 Å². The predicted molar refractivity (Wildman–Crippen MR) is 78.1 cm³/mol. The lowest BCUT2D eigenvalue weighted by molar-refractivity contribution is -0.385. The minimum absolute atomic E-state index is 0.124. The Hall–Kier alpha value is -1.95. The van der Waals surface area contributed by atoms with Crippen molar-refractivity contribution < 1.29 is 14.8 Å². The number of benzene rings is 1. The molecule has 114 valence electrons. The second-order valence-electron chi connectivity index (χ2n) is 5.62. The normalized spacial score (nSPS) is 21.8. The van der Waals surface area contributed by atoms with Gasteiger partial charge in [-0.1, -0.05) is 18.6 Å². The van der Waals surface area contributed by atoms with Crippen LogP contribution in [0.1, 0.15) is 41.6 Å². The van der Waals surface area contributed by atoms with Gasteiger partial charge in [0.2, 0.25) is 0 Å². The van der Waals surface area contributed by atoms with Crippen LogP contribution in [0.5, 0.6) is 0 Å². The summed E-state index contributed by atoms with van der Waals surface area (Å²) in [5, 5.41) is 23.4. The number of nitrogens with one attached hydrogen (secondary N) is 1. The van der Waals surface area contributed by atoms with Crippen molar-refractivity contribution in [3.8, 4) is 0 Å². The van der Waals surface area contributed by atoms with E-state index in [1.807, 2.05) is 0 Å². The third kappa shape index (κ3) is 3.78. The largest absolute Gasteiger partial charge is 0.393 e. The topological polar surface area (TPSA) is 92.5 Å². The Bertz CT molecular complexity index is 544. The first-order valence-corrected chi connectivity index (χ1v) is 7.19. The maximum atomic E-state index is 12.2. The van der Waals surface area contributed by atoms with Gasteiger partial charge in [0, 0.05) is 12.6 Å². The Kier molecular flexibility index (Phi) is 4.90. The van der Waals surface area contributed by atoms with Gasteiger partial charge in [-0.2, -0.15) is 0 Å². The molecule has 1 aliphatic carbocycles. The number of nitro benzene ring substituents is 1. The van der Waals surface area contributed by atoms with Crippen LogP contribution in [0.25, 0.3) is 0 Å². The summed E-state index contributed by atoms with van der Waals surface area (Å²) >= 11 is 0. The van der Waals surface area contributed by atoms with E-state index in [2.05, 4.69) is 5.32 Å². The number of hydrogen-bond donors (Lipinski definition) is 2. The molecule has 1 saturated carbocycles. The van der Waals surface area contributed by atoms with Gasteiger partial charge in [-0.25, -0.2) is 0 Å². The number of amides is 1. The van der Waals surface area contributed by atoms with Gasteiger partial charge in [0.25, 0.3) is 11.6 Å². The standard InChI is InChI=1S/C15H20N2O4/c1-10-4-2-7-13(17(20)21)14(10)15(19)16-9-11-5-3-6-12(18)8-11/h2,4,7,11-12,18H,3,5-6,8-9H2,1H3,(H,16,19). The highest BCUT2D eigenvalue weighted by atomic mass is 16.6. The van der Waals surface area contributed by atoms with Gasteiger partial charge in [-0.3, -0.25) is 14.9 Å². The number of hydrogen-bond acceptors (Lipinski definition) is 4. The van der Waals surface area contributed by atoms with Crippen molar-refractivity contribution in [1.82, 2.24) is 5.32 Å². The number of aliphatic hydroxyl groups is 1. The minimum atomic E-state index is -0.535. The van der Waals surface area contributed by atoms with Gasteiger partial charge >= 0.3 is 0 Å². The molecule has 0 aliphatic heterocycles. The molecule has 2 atom stereocenters. The molecule has 1 aliphatic rings. The average molecular weight is 292 g/mol. The van der Waals surface area contributed by atoms with E-state index in [-0.39, 0.29) is 23.3 Å².